The van der Waals surface area contributed by atoms with E-state index in [1.54, 1.807) is 0 Å². The van der Waals surface area contributed by atoms with Gasteiger partial charge in [0.15, 0.2) is 0 Å². The molecule has 1 fully saturated rings. The van der Waals surface area contributed by atoms with Gasteiger partial charge in [-0.25, -0.2) is 0 Å². The zero-order valence-electron chi connectivity index (χ0n) is 11.0. The molecule has 1 aromatic carbocycles. The van der Waals surface area contributed by atoms with Crippen LogP contribution < -0.4 is 5.32 Å². The van der Waals surface area contributed by atoms with E-state index in [1.165, 1.54) is 18.2 Å². The summed E-state index contributed by atoms with van der Waals surface area (Å²) in [6.45, 7) is 3.09. The van der Waals surface area contributed by atoms with Gasteiger partial charge in [0.1, 0.15) is 0 Å². The summed E-state index contributed by atoms with van der Waals surface area (Å²) in [4.78, 5) is 22.5. The average Bonchev–Trinajstić information content (AvgIpc) is 2.39. The highest BCUT2D eigenvalue weighted by molar-refractivity contribution is 6.34. The molecule has 1 saturated heterocycles. The lowest BCUT2D eigenvalue weighted by Gasteiger charge is -2.34. The molecule has 0 radical (unpaired) electrons. The second kappa shape index (κ2) is 5.76. The van der Waals surface area contributed by atoms with Crippen molar-refractivity contribution in [3.8, 4) is 0 Å². The first-order chi connectivity index (χ1) is 9.41. The van der Waals surface area contributed by atoms with Crippen molar-refractivity contribution in [3.05, 3.63) is 38.9 Å². The smallest absolute Gasteiger partial charge is 0.270 e. The zero-order valence-corrected chi connectivity index (χ0v) is 11.8. The normalized spacial score (nSPS) is 17.5. The van der Waals surface area contributed by atoms with Gasteiger partial charge in [-0.2, -0.15) is 0 Å². The van der Waals surface area contributed by atoms with Crippen molar-refractivity contribution in [1.29, 1.82) is 0 Å². The van der Waals surface area contributed by atoms with E-state index in [1.807, 2.05) is 6.92 Å². The van der Waals surface area contributed by atoms with Gasteiger partial charge in [-0.15, -0.1) is 0 Å². The number of nitrogens with one attached hydrogen (secondary N) is 1. The molecular weight excluding hydrogens is 284 g/mol. The van der Waals surface area contributed by atoms with Crippen LogP contribution in [0.4, 0.5) is 5.69 Å². The molecule has 2 rings (SSSR count). The topological polar surface area (TPSA) is 81.5 Å². The summed E-state index contributed by atoms with van der Waals surface area (Å²) in [6, 6.07) is 3.83. The maximum atomic E-state index is 12.3. The maximum Gasteiger partial charge on any atom is 0.270 e. The molecule has 1 N–H and O–H groups in total. The fourth-order valence-corrected chi connectivity index (χ4v) is 2.29. The number of nitrogens with zero attached hydrogens (tertiary/aromatic N) is 1. The molecule has 1 heterocycles. The predicted molar refractivity (Wildman–Crippen MR) is 74.0 cm³/mol. The number of ether oxygens (including phenoxy) is 1. The minimum Gasteiger partial charge on any atom is -0.381 e. The first-order valence-corrected chi connectivity index (χ1v) is 6.63. The molecule has 1 aromatic rings. The van der Waals surface area contributed by atoms with Gasteiger partial charge in [0.05, 0.1) is 15.5 Å². The van der Waals surface area contributed by atoms with E-state index in [2.05, 4.69) is 5.32 Å². The van der Waals surface area contributed by atoms with E-state index in [0.29, 0.717) is 26.1 Å². The highest BCUT2D eigenvalue weighted by atomic mass is 35.5. The predicted octanol–water partition coefficient (Wildman–Crippen LogP) is 2.55. The van der Waals surface area contributed by atoms with Crippen molar-refractivity contribution in [2.75, 3.05) is 13.2 Å². The van der Waals surface area contributed by atoms with Crippen LogP contribution >= 0.6 is 11.6 Å². The number of nitro groups is 1. The fourth-order valence-electron chi connectivity index (χ4n) is 2.09. The summed E-state index contributed by atoms with van der Waals surface area (Å²) in [5, 5.41) is 13.8. The Balaban J connectivity index is 2.20. The first kappa shape index (κ1) is 14.7. The summed E-state index contributed by atoms with van der Waals surface area (Å²) >= 11 is 5.95. The van der Waals surface area contributed by atoms with Crippen molar-refractivity contribution < 1.29 is 14.5 Å². The molecule has 0 aliphatic carbocycles. The number of rotatable bonds is 3. The number of non-ortho nitro benzene ring substituents is 1. The number of benzene rings is 1. The van der Waals surface area contributed by atoms with Crippen molar-refractivity contribution in [1.82, 2.24) is 5.32 Å². The molecule has 7 heteroatoms. The van der Waals surface area contributed by atoms with Crippen molar-refractivity contribution in [2.45, 2.75) is 25.3 Å². The Bertz CT molecular complexity index is 541. The summed E-state index contributed by atoms with van der Waals surface area (Å²) in [6.07, 6.45) is 1.40. The molecule has 0 spiro atoms. The van der Waals surface area contributed by atoms with Crippen LogP contribution in [0.1, 0.15) is 30.1 Å². The Hall–Kier alpha value is -1.66. The highest BCUT2D eigenvalue weighted by Gasteiger charge is 2.30. The van der Waals surface area contributed by atoms with Crippen LogP contribution in [0, 0.1) is 10.1 Å². The molecule has 1 aliphatic heterocycles. The Kier molecular flexibility index (Phi) is 4.25. The number of carbonyl (C=O) groups excluding carboxylic acids is 1. The molecule has 108 valence electrons. The largest absolute Gasteiger partial charge is 0.381 e. The van der Waals surface area contributed by atoms with Crippen molar-refractivity contribution in [2.24, 2.45) is 0 Å². The third-order valence-electron chi connectivity index (χ3n) is 3.42. The van der Waals surface area contributed by atoms with E-state index in [9.17, 15) is 14.9 Å². The summed E-state index contributed by atoms with van der Waals surface area (Å²) < 4.78 is 5.26. The minimum atomic E-state index is -0.552. The molecule has 0 atom stereocenters. The molecule has 6 nitrogen and oxygen atoms in total. The molecule has 1 amide bonds. The number of hydrogen-bond donors (Lipinski definition) is 1. The SMILES string of the molecule is CC1(NC(=O)c2cc([N+](=O)[O-])ccc2Cl)CCOCC1. The number of halogens is 1. The van der Waals surface area contributed by atoms with Crippen LogP contribution in [0.15, 0.2) is 18.2 Å². The number of carbonyl (C=O) groups is 1. The van der Waals surface area contributed by atoms with Gasteiger partial charge < -0.3 is 10.1 Å². The third kappa shape index (κ3) is 3.26. The van der Waals surface area contributed by atoms with Crippen molar-refractivity contribution >= 4 is 23.2 Å². The van der Waals surface area contributed by atoms with E-state index in [-0.39, 0.29) is 21.8 Å². The summed E-state index contributed by atoms with van der Waals surface area (Å²) in [7, 11) is 0. The molecule has 20 heavy (non-hydrogen) atoms. The van der Waals surface area contributed by atoms with Crippen LogP contribution in [0.3, 0.4) is 0 Å². The first-order valence-electron chi connectivity index (χ1n) is 6.25. The standard InChI is InChI=1S/C13H15ClN2O4/c1-13(4-6-20-7-5-13)15-12(17)10-8-9(16(18)19)2-3-11(10)14/h2-3,8H,4-7H2,1H3,(H,15,17). The van der Waals surface area contributed by atoms with Crippen LogP contribution in [0.2, 0.25) is 5.02 Å². The zero-order chi connectivity index (χ0) is 14.8. The molecule has 0 unspecified atom stereocenters. The van der Waals surface area contributed by atoms with E-state index < -0.39 is 10.8 Å². The molecular formula is C13H15ClN2O4. The van der Waals surface area contributed by atoms with Gasteiger partial charge >= 0.3 is 0 Å². The van der Waals surface area contributed by atoms with E-state index in [4.69, 9.17) is 16.3 Å². The van der Waals surface area contributed by atoms with Gasteiger partial charge in [0.25, 0.3) is 11.6 Å². The van der Waals surface area contributed by atoms with Gasteiger partial charge in [-0.05, 0) is 25.8 Å². The molecule has 1 aliphatic rings. The minimum absolute atomic E-state index is 0.119. The molecule has 0 aromatic heterocycles. The monoisotopic (exact) mass is 298 g/mol. The number of hydrogen-bond acceptors (Lipinski definition) is 4. The second-order valence-electron chi connectivity index (χ2n) is 5.05. The molecule has 0 saturated carbocycles. The summed E-state index contributed by atoms with van der Waals surface area (Å²) in [5.41, 5.74) is -0.409. The maximum absolute atomic E-state index is 12.3. The Labute approximate surface area is 121 Å². The Morgan fingerprint density at radius 3 is 2.70 bits per heavy atom. The van der Waals surface area contributed by atoms with Gasteiger partial charge in [-0.1, -0.05) is 11.6 Å². The Morgan fingerprint density at radius 2 is 2.10 bits per heavy atom. The Morgan fingerprint density at radius 1 is 1.45 bits per heavy atom. The lowest BCUT2D eigenvalue weighted by atomic mass is 9.92. The summed E-state index contributed by atoms with van der Waals surface area (Å²) in [5.74, 6) is -0.400. The fraction of sp³-hybridized carbons (Fsp3) is 0.462. The van der Waals surface area contributed by atoms with E-state index in [0.717, 1.165) is 0 Å². The van der Waals surface area contributed by atoms with Crippen molar-refractivity contribution in [3.63, 3.8) is 0 Å². The lowest BCUT2D eigenvalue weighted by molar-refractivity contribution is -0.384. The van der Waals surface area contributed by atoms with Gasteiger partial charge in [-0.3, -0.25) is 14.9 Å². The number of nitro benzene ring substituents is 1. The third-order valence-corrected chi connectivity index (χ3v) is 3.75. The highest BCUT2D eigenvalue weighted by Crippen LogP contribution is 2.25. The number of amides is 1. The molecule has 0 bridgehead atoms. The lowest BCUT2D eigenvalue weighted by Crippen LogP contribution is -2.49. The quantitative estimate of drug-likeness (QED) is 0.687. The van der Waals surface area contributed by atoms with Crippen LogP contribution in [0.5, 0.6) is 0 Å². The van der Waals surface area contributed by atoms with Gasteiger partial charge in [0.2, 0.25) is 0 Å². The second-order valence-corrected chi connectivity index (χ2v) is 5.46. The van der Waals surface area contributed by atoms with E-state index >= 15 is 0 Å². The average molecular weight is 299 g/mol. The van der Waals surface area contributed by atoms with Crippen LogP contribution in [-0.4, -0.2) is 29.6 Å². The van der Waals surface area contributed by atoms with Crippen LogP contribution in [0.25, 0.3) is 0 Å². The van der Waals surface area contributed by atoms with Gasteiger partial charge in [0, 0.05) is 30.9 Å². The van der Waals surface area contributed by atoms with Crippen LogP contribution in [-0.2, 0) is 4.74 Å².